The second-order valence-electron chi connectivity index (χ2n) is 5.71. The molecule has 1 aromatic carbocycles. The minimum absolute atomic E-state index is 0.117. The largest absolute Gasteiger partial charge is 0.409 e. The lowest BCUT2D eigenvalue weighted by atomic mass is 9.85. The summed E-state index contributed by atoms with van der Waals surface area (Å²) in [6, 6.07) is 9.66. The molecule has 0 amide bonds. The van der Waals surface area contributed by atoms with Gasteiger partial charge in [-0.3, -0.25) is 0 Å². The van der Waals surface area contributed by atoms with Gasteiger partial charge in [-0.05, 0) is 30.9 Å². The fraction of sp³-hybridized carbons (Fsp3) is 0.375. The zero-order valence-electron chi connectivity index (χ0n) is 12.2. The van der Waals surface area contributed by atoms with Gasteiger partial charge >= 0.3 is 0 Å². The Labute approximate surface area is 124 Å². The minimum atomic E-state index is 0.117. The van der Waals surface area contributed by atoms with E-state index in [1.807, 2.05) is 37.4 Å². The molecule has 0 spiro atoms. The Morgan fingerprint density at radius 2 is 2.19 bits per heavy atom. The Kier molecular flexibility index (Phi) is 3.64. The van der Waals surface area contributed by atoms with Crippen LogP contribution in [-0.2, 0) is 0 Å². The maximum atomic E-state index is 9.00. The molecule has 0 aliphatic heterocycles. The average Bonchev–Trinajstić information content (AvgIpc) is 2.48. The number of fused-ring (bicyclic) bond motifs is 1. The van der Waals surface area contributed by atoms with E-state index in [4.69, 9.17) is 15.9 Å². The van der Waals surface area contributed by atoms with Crippen LogP contribution in [0.2, 0.25) is 0 Å². The number of anilines is 1. The van der Waals surface area contributed by atoms with Crippen LogP contribution in [0, 0.1) is 5.92 Å². The van der Waals surface area contributed by atoms with Gasteiger partial charge in [-0.1, -0.05) is 29.8 Å². The summed E-state index contributed by atoms with van der Waals surface area (Å²) < 4.78 is 0. The lowest BCUT2D eigenvalue weighted by Crippen LogP contribution is -2.30. The highest BCUT2D eigenvalue weighted by Crippen LogP contribution is 2.29. The maximum absolute atomic E-state index is 9.00. The van der Waals surface area contributed by atoms with Gasteiger partial charge < -0.3 is 15.8 Å². The summed E-state index contributed by atoms with van der Waals surface area (Å²) in [5, 5.41) is 13.0. The van der Waals surface area contributed by atoms with E-state index >= 15 is 0 Å². The van der Waals surface area contributed by atoms with E-state index in [0.717, 1.165) is 34.7 Å². The van der Waals surface area contributed by atoms with E-state index in [0.29, 0.717) is 0 Å². The second-order valence-corrected chi connectivity index (χ2v) is 5.71. The molecular weight excluding hydrogens is 264 g/mol. The van der Waals surface area contributed by atoms with Crippen LogP contribution in [0.3, 0.4) is 0 Å². The number of nitrogens with zero attached hydrogens (tertiary/aromatic N) is 3. The average molecular weight is 284 g/mol. The van der Waals surface area contributed by atoms with Gasteiger partial charge in [0, 0.05) is 24.5 Å². The number of hydrogen-bond donors (Lipinski definition) is 2. The molecule has 1 saturated carbocycles. The van der Waals surface area contributed by atoms with E-state index in [-0.39, 0.29) is 5.84 Å². The van der Waals surface area contributed by atoms with Gasteiger partial charge in [0.05, 0.1) is 5.52 Å². The highest BCUT2D eigenvalue weighted by molar-refractivity contribution is 6.08. The highest BCUT2D eigenvalue weighted by atomic mass is 16.4. The van der Waals surface area contributed by atoms with E-state index in [1.165, 1.54) is 19.3 Å². The predicted molar refractivity (Wildman–Crippen MR) is 84.9 cm³/mol. The molecule has 0 radical (unpaired) electrons. The third-order valence-electron chi connectivity index (χ3n) is 4.23. The Balaban J connectivity index is 2.02. The molecule has 0 atom stereocenters. The number of pyridine rings is 1. The molecule has 1 aliphatic carbocycles. The Morgan fingerprint density at radius 3 is 2.86 bits per heavy atom. The molecule has 1 heterocycles. The van der Waals surface area contributed by atoms with Gasteiger partial charge in [-0.15, -0.1) is 0 Å². The molecule has 5 nitrogen and oxygen atoms in total. The lowest BCUT2D eigenvalue weighted by Gasteiger charge is -2.31. The van der Waals surface area contributed by atoms with Gasteiger partial charge in [0.25, 0.3) is 0 Å². The van der Waals surface area contributed by atoms with E-state index in [2.05, 4.69) is 10.1 Å². The first-order chi connectivity index (χ1) is 10.2. The first kappa shape index (κ1) is 13.7. The molecule has 110 valence electrons. The van der Waals surface area contributed by atoms with Crippen molar-refractivity contribution in [3.05, 3.63) is 35.9 Å². The summed E-state index contributed by atoms with van der Waals surface area (Å²) in [5.74, 6) is 1.74. The van der Waals surface area contributed by atoms with Crippen molar-refractivity contribution in [2.24, 2.45) is 16.8 Å². The van der Waals surface area contributed by atoms with Crippen LogP contribution in [0.5, 0.6) is 0 Å². The first-order valence-electron chi connectivity index (χ1n) is 7.28. The van der Waals surface area contributed by atoms with Crippen LogP contribution in [0.4, 0.5) is 5.82 Å². The van der Waals surface area contributed by atoms with E-state index in [1.54, 1.807) is 0 Å². The first-order valence-corrected chi connectivity index (χ1v) is 7.28. The molecule has 1 aromatic heterocycles. The Bertz CT molecular complexity index is 679. The molecule has 0 unspecified atom stereocenters. The maximum Gasteiger partial charge on any atom is 0.170 e. The molecular formula is C16H20N4O. The van der Waals surface area contributed by atoms with Crippen molar-refractivity contribution in [3.63, 3.8) is 0 Å². The number of para-hydroxylation sites is 1. The number of benzene rings is 1. The number of amidine groups is 1. The Hall–Kier alpha value is -2.30. The number of oxime groups is 1. The summed E-state index contributed by atoms with van der Waals surface area (Å²) >= 11 is 0. The normalized spacial score (nSPS) is 16.0. The summed E-state index contributed by atoms with van der Waals surface area (Å²) in [6.45, 7) is 1.00. The van der Waals surface area contributed by atoms with Crippen molar-refractivity contribution in [2.45, 2.75) is 19.3 Å². The summed E-state index contributed by atoms with van der Waals surface area (Å²) in [7, 11) is 2.05. The fourth-order valence-electron chi connectivity index (χ4n) is 2.78. The Morgan fingerprint density at radius 1 is 1.43 bits per heavy atom. The van der Waals surface area contributed by atoms with Crippen molar-refractivity contribution in [3.8, 4) is 0 Å². The van der Waals surface area contributed by atoms with Crippen LogP contribution >= 0.6 is 0 Å². The van der Waals surface area contributed by atoms with Crippen LogP contribution in [0.25, 0.3) is 10.9 Å². The van der Waals surface area contributed by atoms with Crippen molar-refractivity contribution >= 4 is 22.6 Å². The molecule has 5 heteroatoms. The monoisotopic (exact) mass is 284 g/mol. The number of nitrogens with two attached hydrogens (primary N) is 1. The van der Waals surface area contributed by atoms with Gasteiger partial charge in [-0.25, -0.2) is 4.98 Å². The number of rotatable bonds is 4. The van der Waals surface area contributed by atoms with Gasteiger partial charge in [0.1, 0.15) is 5.82 Å². The summed E-state index contributed by atoms with van der Waals surface area (Å²) in [4.78, 5) is 6.85. The van der Waals surface area contributed by atoms with Gasteiger partial charge in [0.2, 0.25) is 0 Å². The third kappa shape index (κ3) is 2.63. The zero-order valence-corrected chi connectivity index (χ0v) is 12.2. The minimum Gasteiger partial charge on any atom is -0.409 e. The molecule has 3 rings (SSSR count). The molecule has 2 aromatic rings. The fourth-order valence-corrected chi connectivity index (χ4v) is 2.78. The SMILES string of the molecule is CN(CC1CCC1)c1cc(C(N)=NO)c2ccccc2n1. The van der Waals surface area contributed by atoms with Crippen molar-refractivity contribution in [2.75, 3.05) is 18.5 Å². The molecule has 3 N–H and O–H groups in total. The van der Waals surface area contributed by atoms with Gasteiger partial charge in [0.15, 0.2) is 5.84 Å². The van der Waals surface area contributed by atoms with E-state index < -0.39 is 0 Å². The van der Waals surface area contributed by atoms with Crippen LogP contribution in [0.1, 0.15) is 24.8 Å². The molecule has 0 saturated heterocycles. The molecule has 0 bridgehead atoms. The highest BCUT2D eigenvalue weighted by Gasteiger charge is 2.20. The smallest absolute Gasteiger partial charge is 0.170 e. The van der Waals surface area contributed by atoms with Crippen LogP contribution in [-0.4, -0.2) is 29.6 Å². The quantitative estimate of drug-likeness (QED) is 0.391. The lowest BCUT2D eigenvalue weighted by molar-refractivity contribution is 0.318. The second kappa shape index (κ2) is 5.60. The van der Waals surface area contributed by atoms with Gasteiger partial charge in [-0.2, -0.15) is 0 Å². The van der Waals surface area contributed by atoms with Crippen molar-refractivity contribution in [1.82, 2.24) is 4.98 Å². The predicted octanol–water partition coefficient (Wildman–Crippen LogP) is 2.57. The summed E-state index contributed by atoms with van der Waals surface area (Å²) in [5.41, 5.74) is 7.40. The zero-order chi connectivity index (χ0) is 14.8. The van der Waals surface area contributed by atoms with E-state index in [9.17, 15) is 0 Å². The van der Waals surface area contributed by atoms with Crippen LogP contribution in [0.15, 0.2) is 35.5 Å². The van der Waals surface area contributed by atoms with Crippen molar-refractivity contribution in [1.29, 1.82) is 0 Å². The summed E-state index contributed by atoms with van der Waals surface area (Å²) in [6.07, 6.45) is 3.93. The standard InChI is InChI=1S/C16H20N4O/c1-20(10-11-5-4-6-11)15-9-13(16(17)19-21)12-7-2-3-8-14(12)18-15/h2-3,7-9,11,21H,4-6,10H2,1H3,(H2,17,19). The van der Waals surface area contributed by atoms with Crippen molar-refractivity contribution < 1.29 is 5.21 Å². The molecule has 1 aliphatic rings. The third-order valence-corrected chi connectivity index (χ3v) is 4.23. The van der Waals surface area contributed by atoms with Crippen LogP contribution < -0.4 is 10.6 Å². The molecule has 1 fully saturated rings. The number of hydrogen-bond acceptors (Lipinski definition) is 4. The topological polar surface area (TPSA) is 74.7 Å². The number of aromatic nitrogens is 1. The molecule has 21 heavy (non-hydrogen) atoms.